The Labute approximate surface area is 134 Å². The van der Waals surface area contributed by atoms with Crippen molar-refractivity contribution in [1.82, 2.24) is 9.97 Å². The van der Waals surface area contributed by atoms with E-state index in [0.29, 0.717) is 17.5 Å². The number of pyridine rings is 1. The number of rotatable bonds is 2. The molecule has 1 aromatic carbocycles. The Morgan fingerprint density at radius 1 is 1.17 bits per heavy atom. The maximum Gasteiger partial charge on any atom is 0.225 e. The molecule has 2 aromatic heterocycles. The normalized spacial score (nSPS) is 16.6. The van der Waals surface area contributed by atoms with Crippen LogP contribution >= 0.6 is 0 Å². The Morgan fingerprint density at radius 3 is 2.96 bits per heavy atom. The highest BCUT2D eigenvalue weighted by Gasteiger charge is 2.26. The minimum absolute atomic E-state index is 0.388. The van der Waals surface area contributed by atoms with Crippen LogP contribution in [0.3, 0.4) is 0 Å². The second kappa shape index (κ2) is 5.69. The van der Waals surface area contributed by atoms with Crippen molar-refractivity contribution in [2.24, 2.45) is 0 Å². The van der Waals surface area contributed by atoms with Crippen LogP contribution in [0.15, 0.2) is 53.1 Å². The minimum atomic E-state index is 0.388. The smallest absolute Gasteiger partial charge is 0.225 e. The number of benzene rings is 1. The highest BCUT2D eigenvalue weighted by Crippen LogP contribution is 2.34. The van der Waals surface area contributed by atoms with Crippen molar-refractivity contribution in [3.63, 3.8) is 0 Å². The zero-order valence-corrected chi connectivity index (χ0v) is 12.6. The second-order valence-corrected chi connectivity index (χ2v) is 5.75. The molecule has 0 amide bonds. The van der Waals surface area contributed by atoms with Crippen LogP contribution < -0.4 is 0 Å². The summed E-state index contributed by atoms with van der Waals surface area (Å²) in [5, 5.41) is 0. The first-order valence-electron chi connectivity index (χ1n) is 7.71. The van der Waals surface area contributed by atoms with E-state index < -0.39 is 0 Å². The van der Waals surface area contributed by atoms with Gasteiger partial charge in [-0.3, -0.25) is 4.98 Å². The zero-order chi connectivity index (χ0) is 15.6. The van der Waals surface area contributed by atoms with Crippen LogP contribution in [0.1, 0.15) is 29.5 Å². The molecular weight excluding hydrogens is 286 g/mol. The molecule has 0 bridgehead atoms. The van der Waals surface area contributed by atoms with Crippen molar-refractivity contribution in [3.05, 3.63) is 77.2 Å². The van der Waals surface area contributed by atoms with Gasteiger partial charge in [-0.05, 0) is 31.0 Å². The van der Waals surface area contributed by atoms with Crippen molar-refractivity contribution >= 4 is 5.69 Å². The van der Waals surface area contributed by atoms with E-state index in [1.165, 1.54) is 0 Å². The van der Waals surface area contributed by atoms with Crippen molar-refractivity contribution in [3.8, 4) is 11.5 Å². The highest BCUT2D eigenvalue weighted by molar-refractivity contribution is 5.62. The van der Waals surface area contributed by atoms with Gasteiger partial charge in [0.1, 0.15) is 5.76 Å². The van der Waals surface area contributed by atoms with Crippen LogP contribution in [0.2, 0.25) is 0 Å². The summed E-state index contributed by atoms with van der Waals surface area (Å²) in [7, 11) is 0. The van der Waals surface area contributed by atoms with Gasteiger partial charge < -0.3 is 4.42 Å². The molecule has 0 saturated heterocycles. The van der Waals surface area contributed by atoms with E-state index >= 15 is 0 Å². The molecule has 23 heavy (non-hydrogen) atoms. The van der Waals surface area contributed by atoms with E-state index in [-0.39, 0.29) is 0 Å². The third kappa shape index (κ3) is 2.62. The molecule has 4 heteroatoms. The fraction of sp³-hybridized carbons (Fsp3) is 0.211. The molecule has 1 aliphatic rings. The van der Waals surface area contributed by atoms with Gasteiger partial charge in [-0.1, -0.05) is 24.3 Å². The van der Waals surface area contributed by atoms with Crippen LogP contribution in [0.4, 0.5) is 5.69 Å². The first kappa shape index (κ1) is 13.7. The van der Waals surface area contributed by atoms with E-state index in [2.05, 4.69) is 20.9 Å². The molecule has 1 aliphatic carbocycles. The number of aromatic nitrogens is 2. The maximum atomic E-state index is 7.12. The Morgan fingerprint density at radius 2 is 2.13 bits per heavy atom. The first-order chi connectivity index (χ1) is 11.3. The Bertz CT molecular complexity index is 877. The lowest BCUT2D eigenvalue weighted by atomic mass is 9.88. The maximum absolute atomic E-state index is 7.12. The fourth-order valence-electron chi connectivity index (χ4n) is 3.08. The standard InChI is InChI=1S/C19H15N3O/c1-20-15-6-4-5-14(11-15)19-22-17-9-8-13(12-18(17)23-19)16-7-2-3-10-21-16/h2-7,10-11,13H,8-9,12H2. The van der Waals surface area contributed by atoms with E-state index in [9.17, 15) is 0 Å². The van der Waals surface area contributed by atoms with Crippen LogP contribution in [0.5, 0.6) is 0 Å². The predicted molar refractivity (Wildman–Crippen MR) is 87.2 cm³/mol. The van der Waals surface area contributed by atoms with Gasteiger partial charge in [0.15, 0.2) is 5.69 Å². The van der Waals surface area contributed by atoms with Gasteiger partial charge in [-0.2, -0.15) is 0 Å². The summed E-state index contributed by atoms with van der Waals surface area (Å²) in [5.74, 6) is 1.95. The molecule has 0 saturated carbocycles. The molecule has 3 aromatic rings. The molecule has 4 rings (SSSR count). The third-order valence-electron chi connectivity index (χ3n) is 4.27. The topological polar surface area (TPSA) is 43.3 Å². The van der Waals surface area contributed by atoms with Crippen molar-refractivity contribution < 1.29 is 4.42 Å². The van der Waals surface area contributed by atoms with E-state index in [1.807, 2.05) is 36.5 Å². The third-order valence-corrected chi connectivity index (χ3v) is 4.27. The summed E-state index contributed by atoms with van der Waals surface area (Å²) in [6, 6.07) is 13.4. The summed E-state index contributed by atoms with van der Waals surface area (Å²) >= 11 is 0. The van der Waals surface area contributed by atoms with Crippen molar-refractivity contribution in [2.45, 2.75) is 25.2 Å². The van der Waals surface area contributed by atoms with E-state index in [4.69, 9.17) is 11.0 Å². The van der Waals surface area contributed by atoms with Crippen LogP contribution in [-0.2, 0) is 12.8 Å². The summed E-state index contributed by atoms with van der Waals surface area (Å²) in [6.45, 7) is 7.12. The molecule has 0 aliphatic heterocycles. The molecule has 0 fully saturated rings. The highest BCUT2D eigenvalue weighted by atomic mass is 16.4. The fourth-order valence-corrected chi connectivity index (χ4v) is 3.08. The first-order valence-corrected chi connectivity index (χ1v) is 7.71. The Kier molecular flexibility index (Phi) is 3.39. The number of fused-ring (bicyclic) bond motifs is 1. The molecule has 0 radical (unpaired) electrons. The number of hydrogen-bond donors (Lipinski definition) is 0. The van der Waals surface area contributed by atoms with Gasteiger partial charge >= 0.3 is 0 Å². The Balaban J connectivity index is 1.64. The number of nitrogens with zero attached hydrogens (tertiary/aromatic N) is 3. The van der Waals surface area contributed by atoms with Crippen LogP contribution in [-0.4, -0.2) is 9.97 Å². The quantitative estimate of drug-likeness (QED) is 0.652. The number of oxazole rings is 1. The van der Waals surface area contributed by atoms with Gasteiger partial charge in [-0.15, -0.1) is 0 Å². The SMILES string of the molecule is [C-]#[N+]c1cccc(-c2nc3c(o2)CC(c2ccccn2)CC3)c1. The minimum Gasteiger partial charge on any atom is -0.441 e. The molecule has 1 unspecified atom stereocenters. The zero-order valence-electron chi connectivity index (χ0n) is 12.6. The average Bonchev–Trinajstić information content (AvgIpc) is 3.06. The summed E-state index contributed by atoms with van der Waals surface area (Å²) in [4.78, 5) is 12.6. The summed E-state index contributed by atoms with van der Waals surface area (Å²) in [6.07, 6.45) is 4.62. The molecule has 112 valence electrons. The number of hydrogen-bond acceptors (Lipinski definition) is 3. The second-order valence-electron chi connectivity index (χ2n) is 5.75. The summed E-state index contributed by atoms with van der Waals surface area (Å²) < 4.78 is 6.00. The van der Waals surface area contributed by atoms with Gasteiger partial charge in [0, 0.05) is 29.8 Å². The lowest BCUT2D eigenvalue weighted by Gasteiger charge is -2.19. The predicted octanol–water partition coefficient (Wildman–Crippen LogP) is 4.56. The molecule has 1 atom stereocenters. The molecule has 0 spiro atoms. The van der Waals surface area contributed by atoms with Gasteiger partial charge in [0.2, 0.25) is 5.89 Å². The van der Waals surface area contributed by atoms with Crippen LogP contribution in [0, 0.1) is 6.57 Å². The molecular formula is C19H15N3O. The monoisotopic (exact) mass is 301 g/mol. The Hall–Kier alpha value is -2.93. The van der Waals surface area contributed by atoms with Crippen molar-refractivity contribution in [2.75, 3.05) is 0 Å². The van der Waals surface area contributed by atoms with Gasteiger partial charge in [0.05, 0.1) is 12.3 Å². The van der Waals surface area contributed by atoms with Gasteiger partial charge in [0.25, 0.3) is 0 Å². The van der Waals surface area contributed by atoms with E-state index in [1.54, 1.807) is 6.07 Å². The van der Waals surface area contributed by atoms with Gasteiger partial charge in [-0.25, -0.2) is 9.83 Å². The molecule has 4 nitrogen and oxygen atoms in total. The molecule has 0 N–H and O–H groups in total. The summed E-state index contributed by atoms with van der Waals surface area (Å²) in [5.41, 5.74) is 3.62. The lowest BCUT2D eigenvalue weighted by Crippen LogP contribution is -2.12. The molecule has 2 heterocycles. The number of aryl methyl sites for hydroxylation is 1. The lowest BCUT2D eigenvalue weighted by molar-refractivity contribution is 0.454. The van der Waals surface area contributed by atoms with Crippen molar-refractivity contribution in [1.29, 1.82) is 0 Å². The average molecular weight is 301 g/mol. The largest absolute Gasteiger partial charge is 0.441 e. The van der Waals surface area contributed by atoms with Crippen LogP contribution in [0.25, 0.3) is 16.3 Å². The van der Waals surface area contributed by atoms with E-state index in [0.717, 1.165) is 42.0 Å².